The van der Waals surface area contributed by atoms with Gasteiger partial charge in [-0.05, 0) is 64.0 Å². The van der Waals surface area contributed by atoms with E-state index >= 15 is 0 Å². The van der Waals surface area contributed by atoms with Gasteiger partial charge in [0, 0.05) is 37.3 Å². The summed E-state index contributed by atoms with van der Waals surface area (Å²) in [5.41, 5.74) is 0.540. The second kappa shape index (κ2) is 9.38. The van der Waals surface area contributed by atoms with Gasteiger partial charge in [-0.2, -0.15) is 9.61 Å². The highest BCUT2D eigenvalue weighted by molar-refractivity contribution is 5.97. The summed E-state index contributed by atoms with van der Waals surface area (Å²) in [6.45, 7) is 8.60. The van der Waals surface area contributed by atoms with E-state index in [0.29, 0.717) is 23.4 Å². The Labute approximate surface area is 210 Å². The van der Waals surface area contributed by atoms with Crippen LogP contribution < -0.4 is 16.2 Å². The molecule has 0 bridgehead atoms. The normalized spacial score (nSPS) is 22.4. The van der Waals surface area contributed by atoms with Crippen molar-refractivity contribution in [1.82, 2.24) is 29.7 Å². The van der Waals surface area contributed by atoms with Gasteiger partial charge in [-0.25, -0.2) is 0 Å². The highest BCUT2D eigenvalue weighted by Crippen LogP contribution is 2.35. The van der Waals surface area contributed by atoms with Gasteiger partial charge in [0.2, 0.25) is 11.8 Å². The molecule has 2 aromatic rings. The molecule has 1 aliphatic carbocycles. The Bertz CT molecular complexity index is 1280. The lowest BCUT2D eigenvalue weighted by Crippen LogP contribution is -2.55. The number of aromatic hydroxyl groups is 1. The molecule has 10 heteroatoms. The summed E-state index contributed by atoms with van der Waals surface area (Å²) in [7, 11) is 0. The van der Waals surface area contributed by atoms with E-state index in [1.807, 2.05) is 18.7 Å². The number of likely N-dealkylation sites (tertiary alicyclic amines) is 1. The Balaban J connectivity index is 1.55. The SMILES string of the molecule is Cc1nn2c(O)c(C(=O)NC3CC3)c(=O)n(CC(C)C)c2c1C=CC(=O)N1CCCC12CCCNC2. The third-order valence-electron chi connectivity index (χ3n) is 7.61. The molecule has 0 radical (unpaired) electrons. The number of piperidine rings is 1. The number of aromatic nitrogens is 3. The van der Waals surface area contributed by atoms with Gasteiger partial charge >= 0.3 is 0 Å². The molecular formula is C26H36N6O4. The van der Waals surface area contributed by atoms with Gasteiger partial charge in [0.1, 0.15) is 5.65 Å². The standard InChI is InChI=1S/C26H36N6O4/c1-16(2)14-30-23-19(8-9-20(33)31-13-5-11-26(31)10-4-12-27-15-26)17(3)29-32(23)25(36)21(24(30)35)22(34)28-18-6-7-18/h8-9,16,18,27,36H,4-7,10-15H2,1-3H3,(H,28,34). The van der Waals surface area contributed by atoms with Gasteiger partial charge in [0.05, 0.1) is 11.2 Å². The number of aryl methyl sites for hydroxylation is 1. The van der Waals surface area contributed by atoms with Crippen LogP contribution in [-0.2, 0) is 11.3 Å². The largest absolute Gasteiger partial charge is 0.492 e. The number of fused-ring (bicyclic) bond motifs is 1. The van der Waals surface area contributed by atoms with Crippen molar-refractivity contribution in [3.8, 4) is 5.88 Å². The van der Waals surface area contributed by atoms with Crippen LogP contribution in [0.1, 0.15) is 74.0 Å². The molecule has 36 heavy (non-hydrogen) atoms. The molecule has 2 aliphatic heterocycles. The first-order valence-corrected chi connectivity index (χ1v) is 13.1. The first-order chi connectivity index (χ1) is 17.2. The maximum absolute atomic E-state index is 13.5. The molecule has 2 saturated heterocycles. The second-order valence-electron chi connectivity index (χ2n) is 10.9. The van der Waals surface area contributed by atoms with E-state index in [-0.39, 0.29) is 29.0 Å². The van der Waals surface area contributed by atoms with Crippen LogP contribution >= 0.6 is 0 Å². The van der Waals surface area contributed by atoms with E-state index < -0.39 is 17.3 Å². The van der Waals surface area contributed by atoms with Gasteiger partial charge in [-0.1, -0.05) is 13.8 Å². The summed E-state index contributed by atoms with van der Waals surface area (Å²) in [6.07, 6.45) is 9.04. The third-order valence-corrected chi connectivity index (χ3v) is 7.61. The minimum absolute atomic E-state index is 0.0441. The second-order valence-corrected chi connectivity index (χ2v) is 10.9. The van der Waals surface area contributed by atoms with Crippen molar-refractivity contribution < 1.29 is 14.7 Å². The number of nitrogens with one attached hydrogen (secondary N) is 2. The summed E-state index contributed by atoms with van der Waals surface area (Å²) in [4.78, 5) is 41.6. The zero-order chi connectivity index (χ0) is 25.6. The minimum atomic E-state index is -0.583. The van der Waals surface area contributed by atoms with Crippen molar-refractivity contribution >= 4 is 23.5 Å². The van der Waals surface area contributed by atoms with E-state index in [4.69, 9.17) is 0 Å². The molecule has 0 aromatic carbocycles. The predicted octanol–water partition coefficient (Wildman–Crippen LogP) is 1.82. The smallest absolute Gasteiger partial charge is 0.270 e. The molecule has 10 nitrogen and oxygen atoms in total. The molecule has 5 rings (SSSR count). The summed E-state index contributed by atoms with van der Waals surface area (Å²) >= 11 is 0. The molecule has 4 heterocycles. The van der Waals surface area contributed by atoms with Crippen LogP contribution in [0.4, 0.5) is 0 Å². The molecule has 2 amide bonds. The van der Waals surface area contributed by atoms with Crippen LogP contribution in [-0.4, -0.2) is 67.2 Å². The van der Waals surface area contributed by atoms with E-state index in [1.165, 1.54) is 9.08 Å². The molecular weight excluding hydrogens is 460 g/mol. The number of nitrogens with zero attached hydrogens (tertiary/aromatic N) is 4. The number of rotatable bonds is 6. The zero-order valence-corrected chi connectivity index (χ0v) is 21.3. The molecule has 3 fully saturated rings. The quantitative estimate of drug-likeness (QED) is 0.525. The summed E-state index contributed by atoms with van der Waals surface area (Å²) < 4.78 is 2.76. The van der Waals surface area contributed by atoms with Crippen molar-refractivity contribution in [3.63, 3.8) is 0 Å². The van der Waals surface area contributed by atoms with Crippen LogP contribution in [0.3, 0.4) is 0 Å². The Kier molecular flexibility index (Phi) is 6.40. The average Bonchev–Trinajstić information content (AvgIpc) is 3.46. The van der Waals surface area contributed by atoms with Crippen LogP contribution in [0.5, 0.6) is 5.88 Å². The van der Waals surface area contributed by atoms with Crippen LogP contribution in [0.15, 0.2) is 10.9 Å². The first-order valence-electron chi connectivity index (χ1n) is 13.1. The number of hydrogen-bond acceptors (Lipinski definition) is 6. The Morgan fingerprint density at radius 3 is 2.69 bits per heavy atom. The highest BCUT2D eigenvalue weighted by Gasteiger charge is 2.43. The molecule has 194 valence electrons. The maximum atomic E-state index is 13.5. The third kappa shape index (κ3) is 4.31. The van der Waals surface area contributed by atoms with Crippen molar-refractivity contribution in [2.24, 2.45) is 5.92 Å². The number of carbonyl (C=O) groups excluding carboxylic acids is 2. The maximum Gasteiger partial charge on any atom is 0.270 e. The fraction of sp³-hybridized carbons (Fsp3) is 0.615. The molecule has 2 aromatic heterocycles. The minimum Gasteiger partial charge on any atom is -0.492 e. The first kappa shape index (κ1) is 24.5. The zero-order valence-electron chi connectivity index (χ0n) is 21.3. The van der Waals surface area contributed by atoms with Gasteiger partial charge in [-0.15, -0.1) is 0 Å². The van der Waals surface area contributed by atoms with Crippen LogP contribution in [0.2, 0.25) is 0 Å². The van der Waals surface area contributed by atoms with Crippen LogP contribution in [0, 0.1) is 12.8 Å². The molecule has 1 spiro atoms. The Morgan fingerprint density at radius 1 is 1.28 bits per heavy atom. The lowest BCUT2D eigenvalue weighted by molar-refractivity contribution is -0.130. The summed E-state index contributed by atoms with van der Waals surface area (Å²) in [5.74, 6) is -1.01. The van der Waals surface area contributed by atoms with Crippen molar-refractivity contribution in [2.45, 2.75) is 77.4 Å². The Morgan fingerprint density at radius 2 is 2.03 bits per heavy atom. The van der Waals surface area contributed by atoms with Gasteiger partial charge in [0.15, 0.2) is 5.56 Å². The monoisotopic (exact) mass is 496 g/mol. The molecule has 1 saturated carbocycles. The Hall–Kier alpha value is -3.14. The average molecular weight is 497 g/mol. The topological polar surface area (TPSA) is 121 Å². The van der Waals surface area contributed by atoms with E-state index in [0.717, 1.165) is 58.2 Å². The predicted molar refractivity (Wildman–Crippen MR) is 136 cm³/mol. The van der Waals surface area contributed by atoms with E-state index in [2.05, 4.69) is 15.7 Å². The van der Waals surface area contributed by atoms with Gasteiger partial charge in [0.25, 0.3) is 11.5 Å². The van der Waals surface area contributed by atoms with Gasteiger partial charge < -0.3 is 20.6 Å². The van der Waals surface area contributed by atoms with Crippen molar-refractivity contribution in [2.75, 3.05) is 19.6 Å². The lowest BCUT2D eigenvalue weighted by atomic mass is 9.87. The summed E-state index contributed by atoms with van der Waals surface area (Å²) in [6, 6.07) is 0.0441. The fourth-order valence-corrected chi connectivity index (χ4v) is 5.70. The van der Waals surface area contributed by atoms with Crippen molar-refractivity contribution in [3.05, 3.63) is 33.3 Å². The number of hydrogen-bond donors (Lipinski definition) is 3. The molecule has 1 atom stereocenters. The van der Waals surface area contributed by atoms with Gasteiger partial charge in [-0.3, -0.25) is 19.0 Å². The fourth-order valence-electron chi connectivity index (χ4n) is 5.70. The molecule has 3 aliphatic rings. The van der Waals surface area contributed by atoms with E-state index in [9.17, 15) is 19.5 Å². The van der Waals surface area contributed by atoms with E-state index in [1.54, 1.807) is 19.1 Å². The number of amides is 2. The highest BCUT2D eigenvalue weighted by atomic mass is 16.3. The number of carbonyl (C=O) groups is 2. The van der Waals surface area contributed by atoms with Crippen LogP contribution in [0.25, 0.3) is 11.7 Å². The summed E-state index contributed by atoms with van der Waals surface area (Å²) in [5, 5.41) is 21.7. The lowest BCUT2D eigenvalue weighted by Gasteiger charge is -2.41. The molecule has 1 unspecified atom stereocenters. The van der Waals surface area contributed by atoms with Crippen molar-refractivity contribution in [1.29, 1.82) is 0 Å². The molecule has 3 N–H and O–H groups in total.